The minimum Gasteiger partial charge on any atom is -0.457 e. The largest absolute Gasteiger partial charge is 0.472 e. The molecule has 0 aliphatic rings. The number of hydrogen-bond acceptors (Lipinski definition) is 7. The van der Waals surface area contributed by atoms with Gasteiger partial charge in [-0.1, -0.05) is 183 Å². The average molecular weight is 834 g/mol. The van der Waals surface area contributed by atoms with Crippen LogP contribution in [0.5, 0.6) is 0 Å². The van der Waals surface area contributed by atoms with Crippen LogP contribution in [0.3, 0.4) is 0 Å². The molecule has 9 heteroatoms. The van der Waals surface area contributed by atoms with Crippen molar-refractivity contribution in [2.75, 3.05) is 33.0 Å². The fraction of sp³-hybridized carbons (Fsp3) is 0.735. The summed E-state index contributed by atoms with van der Waals surface area (Å²) in [5.74, 6) is -0.388. The molecule has 0 aliphatic heterocycles. The lowest BCUT2D eigenvalue weighted by Gasteiger charge is -2.20. The summed E-state index contributed by atoms with van der Waals surface area (Å²) >= 11 is 0. The van der Waals surface area contributed by atoms with Gasteiger partial charge in [0.2, 0.25) is 0 Å². The van der Waals surface area contributed by atoms with Gasteiger partial charge in [0.25, 0.3) is 0 Å². The van der Waals surface area contributed by atoms with Crippen LogP contribution in [-0.4, -0.2) is 49.9 Å². The van der Waals surface area contributed by atoms with Crippen molar-refractivity contribution < 1.29 is 32.8 Å². The fourth-order valence-electron chi connectivity index (χ4n) is 6.20. The second-order valence-electron chi connectivity index (χ2n) is 15.2. The first kappa shape index (κ1) is 55.9. The van der Waals surface area contributed by atoms with Crippen molar-refractivity contribution in [2.45, 2.75) is 200 Å². The van der Waals surface area contributed by atoms with Crippen LogP contribution in [0, 0.1) is 0 Å². The van der Waals surface area contributed by atoms with Gasteiger partial charge in [0, 0.05) is 19.6 Å². The highest BCUT2D eigenvalue weighted by Gasteiger charge is 2.25. The van der Waals surface area contributed by atoms with Gasteiger partial charge in [0.1, 0.15) is 6.10 Å². The third kappa shape index (κ3) is 45.0. The fourth-order valence-corrected chi connectivity index (χ4v) is 6.97. The van der Waals surface area contributed by atoms with Crippen molar-refractivity contribution >= 4 is 13.8 Å². The molecule has 0 fully saturated rings. The maximum Gasteiger partial charge on any atom is 0.472 e. The zero-order valence-corrected chi connectivity index (χ0v) is 38.2. The molecule has 0 rings (SSSR count). The van der Waals surface area contributed by atoms with E-state index in [1.54, 1.807) is 0 Å². The molecule has 0 saturated heterocycles. The first-order valence-corrected chi connectivity index (χ1v) is 24.9. The van der Waals surface area contributed by atoms with Gasteiger partial charge in [0.05, 0.1) is 19.8 Å². The lowest BCUT2D eigenvalue weighted by molar-refractivity contribution is -0.154. The number of carbonyl (C=O) groups excluding carboxylic acids is 1. The molecule has 336 valence electrons. The number of allylic oxidation sites excluding steroid dienone is 12. The molecule has 0 spiro atoms. The SMILES string of the molecule is CC/C=C\C/C=C\C/C=C\C/C=C\C/C=C\CCCC(=O)OC(COCCCCCCCCCCCC/C=C\CCCCCCCCCC)COP(=O)(O)OCCN. The van der Waals surface area contributed by atoms with Gasteiger partial charge in [-0.2, -0.15) is 0 Å². The van der Waals surface area contributed by atoms with Crippen LogP contribution >= 0.6 is 7.82 Å². The average Bonchev–Trinajstić information content (AvgIpc) is 3.21. The Hall–Kier alpha value is -2.06. The zero-order valence-electron chi connectivity index (χ0n) is 37.3. The Morgan fingerprint density at radius 1 is 0.534 bits per heavy atom. The number of rotatable bonds is 44. The van der Waals surface area contributed by atoms with Gasteiger partial charge >= 0.3 is 13.8 Å². The molecule has 0 saturated carbocycles. The predicted octanol–water partition coefficient (Wildman–Crippen LogP) is 14.3. The summed E-state index contributed by atoms with van der Waals surface area (Å²) in [6.07, 6.45) is 58.0. The van der Waals surface area contributed by atoms with Crippen LogP contribution in [0.2, 0.25) is 0 Å². The molecule has 0 aromatic carbocycles. The molecule has 58 heavy (non-hydrogen) atoms. The van der Waals surface area contributed by atoms with E-state index in [2.05, 4.69) is 86.8 Å². The van der Waals surface area contributed by atoms with E-state index in [1.807, 2.05) is 0 Å². The van der Waals surface area contributed by atoms with Crippen molar-refractivity contribution in [2.24, 2.45) is 5.73 Å². The second kappa shape index (κ2) is 46.0. The number of ether oxygens (including phenoxy) is 2. The van der Waals surface area contributed by atoms with Gasteiger partial charge in [-0.05, 0) is 77.0 Å². The number of phosphoric acid groups is 1. The molecule has 2 atom stereocenters. The highest BCUT2D eigenvalue weighted by Crippen LogP contribution is 2.43. The monoisotopic (exact) mass is 834 g/mol. The van der Waals surface area contributed by atoms with E-state index in [-0.39, 0.29) is 38.8 Å². The Morgan fingerprint density at radius 2 is 0.966 bits per heavy atom. The van der Waals surface area contributed by atoms with Crippen molar-refractivity contribution in [1.29, 1.82) is 0 Å². The summed E-state index contributed by atoms with van der Waals surface area (Å²) in [4.78, 5) is 22.5. The first-order valence-electron chi connectivity index (χ1n) is 23.4. The zero-order chi connectivity index (χ0) is 42.3. The molecule has 3 N–H and O–H groups in total. The van der Waals surface area contributed by atoms with Crippen molar-refractivity contribution in [3.05, 3.63) is 72.9 Å². The summed E-state index contributed by atoms with van der Waals surface area (Å²) in [6, 6.07) is 0. The van der Waals surface area contributed by atoms with Gasteiger partial charge in [0.15, 0.2) is 0 Å². The van der Waals surface area contributed by atoms with E-state index >= 15 is 0 Å². The van der Waals surface area contributed by atoms with E-state index in [9.17, 15) is 14.3 Å². The van der Waals surface area contributed by atoms with Crippen LogP contribution in [0.15, 0.2) is 72.9 Å². The smallest absolute Gasteiger partial charge is 0.457 e. The summed E-state index contributed by atoms with van der Waals surface area (Å²) in [5, 5.41) is 0. The highest BCUT2D eigenvalue weighted by atomic mass is 31.2. The van der Waals surface area contributed by atoms with Crippen molar-refractivity contribution in [3.63, 3.8) is 0 Å². The third-order valence-electron chi connectivity index (χ3n) is 9.61. The lowest BCUT2D eigenvalue weighted by Crippen LogP contribution is -2.28. The summed E-state index contributed by atoms with van der Waals surface area (Å²) in [6.45, 7) is 4.73. The van der Waals surface area contributed by atoms with Crippen LogP contribution in [0.4, 0.5) is 0 Å². The Morgan fingerprint density at radius 3 is 1.47 bits per heavy atom. The Balaban J connectivity index is 4.06. The molecule has 0 amide bonds. The molecule has 2 unspecified atom stereocenters. The van der Waals surface area contributed by atoms with Gasteiger partial charge in [-0.15, -0.1) is 0 Å². The van der Waals surface area contributed by atoms with E-state index < -0.39 is 13.9 Å². The standard InChI is InChI=1S/C49H88NO7P/c1-3-5-7-9-11-13-15-17-19-21-22-23-24-25-27-29-31-33-35-37-39-41-44-54-46-48(47-56-58(52,53)55-45-43-50)57-49(51)42-40-38-36-34-32-30-28-26-20-18-16-14-12-10-8-6-4-2/h6,8,12,14,18,20-22,28,30,34,36,48H,3-5,7,9-11,13,15-17,19,23-27,29,31-33,35,37-47,50H2,1-2H3,(H,52,53)/b8-6-,14-12-,20-18-,22-21-,30-28-,36-34-. The maximum absolute atomic E-state index is 12.6. The molecule has 0 radical (unpaired) electrons. The van der Waals surface area contributed by atoms with Crippen LogP contribution in [-0.2, 0) is 27.9 Å². The summed E-state index contributed by atoms with van der Waals surface area (Å²) in [7, 11) is -4.30. The predicted molar refractivity (Wildman–Crippen MR) is 247 cm³/mol. The first-order chi connectivity index (χ1) is 28.4. The topological polar surface area (TPSA) is 117 Å². The summed E-state index contributed by atoms with van der Waals surface area (Å²) < 4.78 is 33.4. The number of hydrogen-bond donors (Lipinski definition) is 2. The molecule has 0 aromatic heterocycles. The molecule has 0 heterocycles. The minimum atomic E-state index is -4.30. The Kier molecular flexibility index (Phi) is 44.4. The molecule has 0 aromatic rings. The minimum absolute atomic E-state index is 0.0882. The number of phosphoric ester groups is 1. The molecular formula is C49H88NO7P. The Bertz CT molecular complexity index is 1120. The van der Waals surface area contributed by atoms with Crippen LogP contribution < -0.4 is 5.73 Å². The van der Waals surface area contributed by atoms with E-state index in [1.165, 1.54) is 116 Å². The van der Waals surface area contributed by atoms with Crippen LogP contribution in [0.1, 0.15) is 194 Å². The van der Waals surface area contributed by atoms with Crippen molar-refractivity contribution in [3.8, 4) is 0 Å². The normalized spacial score (nSPS) is 14.1. The van der Waals surface area contributed by atoms with Gasteiger partial charge in [-0.3, -0.25) is 13.8 Å². The van der Waals surface area contributed by atoms with Crippen LogP contribution in [0.25, 0.3) is 0 Å². The third-order valence-corrected chi connectivity index (χ3v) is 10.6. The van der Waals surface area contributed by atoms with Crippen molar-refractivity contribution in [1.82, 2.24) is 0 Å². The number of nitrogens with two attached hydrogens (primary N) is 1. The van der Waals surface area contributed by atoms with E-state index in [0.29, 0.717) is 13.0 Å². The number of carbonyl (C=O) groups is 1. The highest BCUT2D eigenvalue weighted by molar-refractivity contribution is 7.47. The van der Waals surface area contributed by atoms with Gasteiger partial charge in [-0.25, -0.2) is 4.57 Å². The van der Waals surface area contributed by atoms with E-state index in [0.717, 1.165) is 51.4 Å². The second-order valence-corrected chi connectivity index (χ2v) is 16.7. The molecule has 8 nitrogen and oxygen atoms in total. The molecule has 0 bridgehead atoms. The molecular weight excluding hydrogens is 746 g/mol. The maximum atomic E-state index is 12.6. The Labute approximate surface area is 356 Å². The molecule has 0 aliphatic carbocycles. The van der Waals surface area contributed by atoms with E-state index in [4.69, 9.17) is 24.3 Å². The quantitative estimate of drug-likeness (QED) is 0.0270. The lowest BCUT2D eigenvalue weighted by atomic mass is 10.1. The number of esters is 1. The van der Waals surface area contributed by atoms with Gasteiger partial charge < -0.3 is 20.1 Å². The number of unbranched alkanes of at least 4 members (excludes halogenated alkanes) is 19. The summed E-state index contributed by atoms with van der Waals surface area (Å²) in [5.41, 5.74) is 5.37.